The number of halogens is 2. The average Bonchev–Trinajstić information content (AvgIpc) is 2.75. The fourth-order valence-corrected chi connectivity index (χ4v) is 3.69. The second-order valence-electron chi connectivity index (χ2n) is 7.52. The highest BCUT2D eigenvalue weighted by molar-refractivity contribution is 6.35. The molecule has 31 heavy (non-hydrogen) atoms. The van der Waals surface area contributed by atoms with Crippen molar-refractivity contribution in [3.8, 4) is 5.75 Å². The normalized spacial score (nSPS) is 12.7. The van der Waals surface area contributed by atoms with E-state index in [0.29, 0.717) is 28.6 Å². The van der Waals surface area contributed by atoms with E-state index >= 15 is 0 Å². The molecule has 0 saturated heterocycles. The van der Waals surface area contributed by atoms with Gasteiger partial charge in [0.05, 0.1) is 13.5 Å². The van der Waals surface area contributed by atoms with Crippen molar-refractivity contribution < 1.29 is 14.3 Å². The zero-order chi connectivity index (χ0) is 23.0. The van der Waals surface area contributed by atoms with Crippen molar-refractivity contribution in [2.75, 3.05) is 7.11 Å². The molecule has 0 aliphatic carbocycles. The molecular weight excluding hydrogens is 435 g/mol. The molecule has 0 aromatic heterocycles. The van der Waals surface area contributed by atoms with E-state index in [1.54, 1.807) is 30.2 Å². The molecule has 2 amide bonds. The van der Waals surface area contributed by atoms with E-state index in [0.717, 1.165) is 17.7 Å². The summed E-state index contributed by atoms with van der Waals surface area (Å²) in [4.78, 5) is 28.0. The molecule has 2 atom stereocenters. The highest BCUT2D eigenvalue weighted by Crippen LogP contribution is 2.23. The predicted molar refractivity (Wildman–Crippen MR) is 126 cm³/mol. The number of hydrogen-bond donors (Lipinski definition) is 1. The minimum absolute atomic E-state index is 0.0326. The molecule has 0 aliphatic heterocycles. The Morgan fingerprint density at radius 2 is 1.74 bits per heavy atom. The van der Waals surface area contributed by atoms with Gasteiger partial charge in [-0.3, -0.25) is 9.59 Å². The monoisotopic (exact) mass is 464 g/mol. The van der Waals surface area contributed by atoms with Crippen LogP contribution in [0.1, 0.15) is 44.7 Å². The van der Waals surface area contributed by atoms with Crippen LogP contribution < -0.4 is 10.1 Å². The smallest absolute Gasteiger partial charge is 0.243 e. The lowest BCUT2D eigenvalue weighted by Gasteiger charge is -2.31. The minimum atomic E-state index is -0.588. The average molecular weight is 465 g/mol. The Bertz CT molecular complexity index is 887. The Hall–Kier alpha value is -2.24. The number of benzene rings is 2. The Balaban J connectivity index is 2.31. The van der Waals surface area contributed by atoms with Crippen LogP contribution in [0.25, 0.3) is 0 Å². The van der Waals surface area contributed by atoms with Crippen LogP contribution in [-0.2, 0) is 22.6 Å². The first-order valence-corrected chi connectivity index (χ1v) is 11.2. The van der Waals surface area contributed by atoms with E-state index in [-0.39, 0.29) is 24.3 Å². The Kier molecular flexibility index (Phi) is 9.66. The molecule has 0 bridgehead atoms. The van der Waals surface area contributed by atoms with Crippen LogP contribution in [0, 0.1) is 0 Å². The highest BCUT2D eigenvalue weighted by atomic mass is 35.5. The summed E-state index contributed by atoms with van der Waals surface area (Å²) in [6.45, 7) is 6.17. The minimum Gasteiger partial charge on any atom is -0.497 e. The second kappa shape index (κ2) is 12.0. The third-order valence-corrected chi connectivity index (χ3v) is 5.84. The van der Waals surface area contributed by atoms with E-state index in [2.05, 4.69) is 5.32 Å². The van der Waals surface area contributed by atoms with E-state index < -0.39 is 6.04 Å². The van der Waals surface area contributed by atoms with Crippen molar-refractivity contribution in [2.24, 2.45) is 0 Å². The number of carbonyl (C=O) groups excluding carboxylic acids is 2. The second-order valence-corrected chi connectivity index (χ2v) is 8.37. The lowest BCUT2D eigenvalue weighted by Crippen LogP contribution is -2.51. The number of nitrogens with one attached hydrogen (secondary N) is 1. The third-order valence-electron chi connectivity index (χ3n) is 5.26. The first-order chi connectivity index (χ1) is 14.8. The van der Waals surface area contributed by atoms with Gasteiger partial charge in [-0.1, -0.05) is 55.2 Å². The van der Waals surface area contributed by atoms with Crippen molar-refractivity contribution in [3.63, 3.8) is 0 Å². The Morgan fingerprint density at radius 3 is 2.29 bits per heavy atom. The van der Waals surface area contributed by atoms with Crippen molar-refractivity contribution in [1.29, 1.82) is 0 Å². The summed E-state index contributed by atoms with van der Waals surface area (Å²) in [5, 5.41) is 3.95. The van der Waals surface area contributed by atoms with Gasteiger partial charge in [-0.2, -0.15) is 0 Å². The van der Waals surface area contributed by atoms with Gasteiger partial charge in [0.1, 0.15) is 11.8 Å². The maximum absolute atomic E-state index is 13.4. The van der Waals surface area contributed by atoms with E-state index in [1.807, 2.05) is 45.0 Å². The zero-order valence-electron chi connectivity index (χ0n) is 18.5. The maximum atomic E-state index is 13.4. The fraction of sp³-hybridized carbons (Fsp3) is 0.417. The van der Waals surface area contributed by atoms with Crippen molar-refractivity contribution >= 4 is 35.0 Å². The Morgan fingerprint density at radius 1 is 1.06 bits per heavy atom. The third kappa shape index (κ3) is 7.15. The summed E-state index contributed by atoms with van der Waals surface area (Å²) in [5.74, 6) is 0.406. The van der Waals surface area contributed by atoms with Gasteiger partial charge in [-0.15, -0.1) is 0 Å². The molecule has 2 aromatic carbocycles. The van der Waals surface area contributed by atoms with Gasteiger partial charge in [0.25, 0.3) is 0 Å². The van der Waals surface area contributed by atoms with Gasteiger partial charge < -0.3 is 15.0 Å². The summed E-state index contributed by atoms with van der Waals surface area (Å²) in [6.07, 6.45) is 1.40. The number of carbonyl (C=O) groups is 2. The first-order valence-electron chi connectivity index (χ1n) is 10.5. The van der Waals surface area contributed by atoms with Crippen LogP contribution >= 0.6 is 23.2 Å². The van der Waals surface area contributed by atoms with E-state index in [9.17, 15) is 9.59 Å². The number of ether oxygens (including phenoxy) is 1. The van der Waals surface area contributed by atoms with Crippen molar-refractivity contribution in [1.82, 2.24) is 10.2 Å². The van der Waals surface area contributed by atoms with Crippen LogP contribution in [0.4, 0.5) is 0 Å². The van der Waals surface area contributed by atoms with Gasteiger partial charge in [-0.05, 0) is 55.2 Å². The summed E-state index contributed by atoms with van der Waals surface area (Å²) in [5.41, 5.74) is 1.58. The van der Waals surface area contributed by atoms with Gasteiger partial charge in [0.15, 0.2) is 0 Å². The number of methoxy groups -OCH3 is 1. The zero-order valence-corrected chi connectivity index (χ0v) is 20.0. The van der Waals surface area contributed by atoms with E-state index in [4.69, 9.17) is 27.9 Å². The molecule has 0 saturated carbocycles. The van der Waals surface area contributed by atoms with Crippen molar-refractivity contribution in [3.05, 3.63) is 63.6 Å². The molecule has 1 N–H and O–H groups in total. The molecule has 5 nitrogen and oxygen atoms in total. The topological polar surface area (TPSA) is 58.6 Å². The van der Waals surface area contributed by atoms with Gasteiger partial charge in [0, 0.05) is 22.6 Å². The van der Waals surface area contributed by atoms with Crippen LogP contribution in [0.2, 0.25) is 10.0 Å². The molecule has 0 unspecified atom stereocenters. The molecule has 0 radical (unpaired) electrons. The Labute approximate surface area is 194 Å². The van der Waals surface area contributed by atoms with Gasteiger partial charge in [-0.25, -0.2) is 0 Å². The van der Waals surface area contributed by atoms with Crippen LogP contribution in [0.15, 0.2) is 42.5 Å². The predicted octanol–water partition coefficient (Wildman–Crippen LogP) is 5.27. The summed E-state index contributed by atoms with van der Waals surface area (Å²) < 4.78 is 5.22. The van der Waals surface area contributed by atoms with Crippen LogP contribution in [0.3, 0.4) is 0 Å². The molecule has 0 fully saturated rings. The van der Waals surface area contributed by atoms with Gasteiger partial charge >= 0.3 is 0 Å². The number of nitrogens with zero attached hydrogens (tertiary/aromatic N) is 1. The standard InChI is InChI=1S/C24H30Cl2N2O3/c1-5-16(3)27-24(30)22(6-2)28(15-17-7-11-20(31-4)12-8-17)23(29)13-18-9-10-19(25)14-21(18)26/h7-12,14,16,22H,5-6,13,15H2,1-4H3,(H,27,30)/t16-,22-/m1/s1. The lowest BCUT2D eigenvalue weighted by molar-refractivity contribution is -0.141. The molecule has 168 valence electrons. The quantitative estimate of drug-likeness (QED) is 0.520. The van der Waals surface area contributed by atoms with Crippen LogP contribution in [0.5, 0.6) is 5.75 Å². The van der Waals surface area contributed by atoms with Gasteiger partial charge in [0.2, 0.25) is 11.8 Å². The molecule has 0 aliphatic rings. The highest BCUT2D eigenvalue weighted by Gasteiger charge is 2.29. The summed E-state index contributed by atoms with van der Waals surface area (Å²) in [7, 11) is 1.60. The maximum Gasteiger partial charge on any atom is 0.243 e. The molecular formula is C24H30Cl2N2O3. The van der Waals surface area contributed by atoms with E-state index in [1.165, 1.54) is 0 Å². The number of amides is 2. The first kappa shape index (κ1) is 25.0. The molecule has 2 rings (SSSR count). The largest absolute Gasteiger partial charge is 0.497 e. The molecule has 7 heteroatoms. The molecule has 0 spiro atoms. The van der Waals surface area contributed by atoms with Crippen LogP contribution in [-0.4, -0.2) is 35.9 Å². The lowest BCUT2D eigenvalue weighted by atomic mass is 10.1. The number of hydrogen-bond acceptors (Lipinski definition) is 3. The summed E-state index contributed by atoms with van der Waals surface area (Å²) >= 11 is 12.3. The van der Waals surface area contributed by atoms with Crippen molar-refractivity contribution in [2.45, 2.75) is 58.7 Å². The summed E-state index contributed by atoms with van der Waals surface area (Å²) in [6, 6.07) is 12.0. The number of rotatable bonds is 10. The molecule has 2 aromatic rings. The molecule has 0 heterocycles. The fourth-order valence-electron chi connectivity index (χ4n) is 3.22. The SMILES string of the molecule is CC[C@@H](C)NC(=O)[C@@H](CC)N(Cc1ccc(OC)cc1)C(=O)Cc1ccc(Cl)cc1Cl.